The van der Waals surface area contributed by atoms with Gasteiger partial charge >= 0.3 is 5.97 Å². The summed E-state index contributed by atoms with van der Waals surface area (Å²) in [5.41, 5.74) is 22.3. The number of unbranched alkanes of at least 4 members (excludes halogenated alkanes) is 3. The second-order valence-corrected chi connectivity index (χ2v) is 40.6. The van der Waals surface area contributed by atoms with E-state index >= 15 is 43.2 Å². The SMILES string of the molecule is CCCC[C@@H]1NC(=O)[C@](C)(CCCCN)NC(=O)[C@H](CCCNC(=N)N)NC(=O)[C@H](CC(C)C)NC(=O)C(NC(=O)[C@H](Cc2cccc(Cl)c2)NC(=O)[C@@H]2CCCN2C(=O)[C@@H](NC(C)=O)C(C)C)CCSSC[C@@H](C(=O)NC(CCCCN)C(=O)N2CCC[C@H]2C(=O)N2CCC[C@H]2C(=O)N[C@@H](CCC(=O)O)C(N)=O)NC(=O)[C@H](Cc2ccccc2)NC(=O)[C@H](CO)NC(=O)C(C)NC(=O)[C@@H]2CCCN2C1=O. The van der Waals surface area contributed by atoms with Crippen LogP contribution in [0.4, 0.5) is 0 Å². The third kappa shape index (κ3) is 36.2. The fourth-order valence-corrected chi connectivity index (χ4v) is 20.2. The van der Waals surface area contributed by atoms with Crippen LogP contribution in [0.5, 0.6) is 0 Å². The van der Waals surface area contributed by atoms with Crippen molar-refractivity contribution in [1.82, 2.24) is 94.0 Å². The molecule has 2 aromatic carbocycles. The van der Waals surface area contributed by atoms with Crippen molar-refractivity contribution in [2.75, 3.05) is 63.9 Å². The van der Waals surface area contributed by atoms with Gasteiger partial charge in [0.05, 0.1) is 6.61 Å². The lowest BCUT2D eigenvalue weighted by atomic mass is 9.91. The Balaban J connectivity index is 1.35. The number of carbonyl (C=O) groups excluding carboxylic acids is 18. The van der Waals surface area contributed by atoms with Crippen LogP contribution in [0.15, 0.2) is 54.6 Å². The minimum Gasteiger partial charge on any atom is -0.481 e. The Morgan fingerprint density at radius 1 is 0.589 bits per heavy atom. The third-order valence-corrected chi connectivity index (χ3v) is 28.1. The fraction of sp³-hybridized carbons (Fsp3) is 0.660. The van der Waals surface area contributed by atoms with Crippen molar-refractivity contribution in [1.29, 1.82) is 5.41 Å². The van der Waals surface area contributed by atoms with Gasteiger partial charge in [0.1, 0.15) is 102 Å². The first-order valence-corrected chi connectivity index (χ1v) is 51.7. The van der Waals surface area contributed by atoms with E-state index in [9.17, 15) is 58.2 Å². The van der Waals surface area contributed by atoms with Gasteiger partial charge in [-0.2, -0.15) is 0 Å². The van der Waals surface area contributed by atoms with Crippen LogP contribution in [0.3, 0.4) is 0 Å². The first-order chi connectivity index (χ1) is 67.0. The van der Waals surface area contributed by atoms with E-state index < -0.39 is 251 Å². The number of nitrogens with one attached hydrogen (secondary N) is 15. The van der Waals surface area contributed by atoms with Gasteiger partial charge in [0.2, 0.25) is 106 Å². The van der Waals surface area contributed by atoms with Crippen LogP contribution in [0, 0.1) is 17.2 Å². The lowest BCUT2D eigenvalue weighted by molar-refractivity contribution is -0.148. The number of carbonyl (C=O) groups is 19. The Morgan fingerprint density at radius 2 is 1.18 bits per heavy atom. The molecule has 5 fully saturated rings. The minimum absolute atomic E-state index is 0.00283. The highest BCUT2D eigenvalue weighted by molar-refractivity contribution is 8.76. The number of nitrogens with zero attached hydrogens (tertiary/aromatic N) is 4. The first-order valence-electron chi connectivity index (χ1n) is 48.8. The van der Waals surface area contributed by atoms with Gasteiger partial charge in [-0.15, -0.1) is 0 Å². The zero-order chi connectivity index (χ0) is 104. The standard InChI is InChI=1S/C94H146ClN23O21S2/c1-9-10-28-64-89(136)115-42-20-31-70(115)85(132)102-55(6)77(124)111-68(51-119)82(129)109-66(49-57-24-12-11-13-25-57)81(128)112-69(83(130)107-63(29-14-16-39-96)88(135)118-45-23-34-73(118)90(137)116-43-21-32-71(116)86(133)104-60(76(98)123)35-36-74(121)122)52-141-140-46-37-62(106-80(127)67(50-58-26-18-27-59(95)48-58)110-87(134)72-33-22-44-117(72)91(138)75(54(4)5)103-56(7)120)78(125)108-65(47-53(2)3)79(126)105-61(30-19-41-101-93(99)100)84(131)114-94(8,92(139)113-64)38-15-17-40-97/h11-13,18,24-27,48,53-55,60-73,75,119H,9-10,14-17,19-23,28-47,49-52,96-97H2,1-8H3,(H2,98,123)(H,102,132)(H,103,120)(H,104,133)(H,105,126)(H,106,127)(H,107,130)(H,108,125)(H,109,129)(H,110,134)(H,111,124)(H,112,128)(H,113,139)(H,114,131)(H,121,122)(H4,99,100,101)/t55?,60-,61-,62?,63?,64-,65-,66-,67-,68-,69-,70-,71-,72-,73-,75-,94-/m0/s1. The van der Waals surface area contributed by atoms with Gasteiger partial charge in [0.25, 0.3) is 0 Å². The number of hydrogen-bond acceptors (Lipinski definition) is 25. The number of hydrogen-bond donors (Lipinski definition) is 21. The van der Waals surface area contributed by atoms with Crippen molar-refractivity contribution < 1.29 is 101 Å². The van der Waals surface area contributed by atoms with Crippen molar-refractivity contribution in [2.24, 2.45) is 34.8 Å². The van der Waals surface area contributed by atoms with Crippen LogP contribution < -0.4 is 97.4 Å². The van der Waals surface area contributed by atoms with Crippen molar-refractivity contribution in [2.45, 2.75) is 318 Å². The lowest BCUT2D eigenvalue weighted by Crippen LogP contribution is -2.64. The number of carboxylic acid groups (broad SMARTS) is 1. The number of amides is 18. The molecule has 0 aromatic heterocycles. The molecule has 47 heteroatoms. The van der Waals surface area contributed by atoms with Gasteiger partial charge in [-0.25, -0.2) is 0 Å². The molecular formula is C94H146ClN23O21S2. The normalized spacial score (nSPS) is 24.5. The predicted molar refractivity (Wildman–Crippen MR) is 527 cm³/mol. The summed E-state index contributed by atoms with van der Waals surface area (Å²) in [6, 6.07) is -8.35. The summed E-state index contributed by atoms with van der Waals surface area (Å²) < 4.78 is 0. The first kappa shape index (κ1) is 116. The number of carboxylic acids is 1. The van der Waals surface area contributed by atoms with E-state index in [1.807, 2.05) is 6.92 Å². The van der Waals surface area contributed by atoms with Crippen molar-refractivity contribution in [3.8, 4) is 0 Å². The molecule has 3 unspecified atom stereocenters. The van der Waals surface area contributed by atoms with Crippen LogP contribution in [0.1, 0.15) is 214 Å². The summed E-state index contributed by atoms with van der Waals surface area (Å²) in [5, 5.41) is 66.5. The lowest BCUT2D eigenvalue weighted by Gasteiger charge is -2.35. The van der Waals surface area contributed by atoms with Crippen LogP contribution >= 0.6 is 33.2 Å². The molecule has 0 aliphatic carbocycles. The number of aliphatic hydroxyl groups is 1. The zero-order valence-electron chi connectivity index (χ0n) is 81.8. The van der Waals surface area contributed by atoms with Gasteiger partial charge in [-0.1, -0.05) is 123 Å². The third-order valence-electron chi connectivity index (χ3n) is 25.5. The van der Waals surface area contributed by atoms with Gasteiger partial charge in [0.15, 0.2) is 5.96 Å². The Bertz CT molecular complexity index is 4680. The monoisotopic (exact) mass is 2030 g/mol. The smallest absolute Gasteiger partial charge is 0.303 e. The number of likely N-dealkylation sites (tertiary alicyclic amines) is 3. The van der Waals surface area contributed by atoms with Crippen molar-refractivity contribution in [3.63, 3.8) is 0 Å². The van der Waals surface area contributed by atoms with E-state index in [0.717, 1.165) is 21.6 Å². The van der Waals surface area contributed by atoms with Gasteiger partial charge in [-0.05, 0) is 190 Å². The summed E-state index contributed by atoms with van der Waals surface area (Å²) in [6.45, 7) is 12.2. The Kier molecular flexibility index (Phi) is 48.1. The number of rotatable bonds is 39. The maximum Gasteiger partial charge on any atom is 0.303 e. The molecule has 0 bridgehead atoms. The quantitative estimate of drug-likeness (QED) is 0.0154. The van der Waals surface area contributed by atoms with Gasteiger partial charge in [0, 0.05) is 75.4 Å². The molecule has 2 aromatic rings. The number of halogens is 1. The van der Waals surface area contributed by atoms with E-state index in [-0.39, 0.29) is 166 Å². The highest BCUT2D eigenvalue weighted by atomic mass is 35.5. The molecule has 0 radical (unpaired) electrons. The fourth-order valence-electron chi connectivity index (χ4n) is 17.7. The largest absolute Gasteiger partial charge is 0.481 e. The Labute approximate surface area is 835 Å². The van der Waals surface area contributed by atoms with E-state index in [0.29, 0.717) is 56.1 Å². The predicted octanol–water partition coefficient (Wildman–Crippen LogP) is -1.64. The van der Waals surface area contributed by atoms with E-state index in [2.05, 4.69) is 74.4 Å². The maximum atomic E-state index is 15.8. The summed E-state index contributed by atoms with van der Waals surface area (Å²) in [7, 11) is 1.93. The Hall–Kier alpha value is -11.5. The van der Waals surface area contributed by atoms with Crippen molar-refractivity contribution >= 4 is 151 Å². The molecule has 5 aliphatic heterocycles. The molecule has 5 heterocycles. The second kappa shape index (κ2) is 58.2. The highest BCUT2D eigenvalue weighted by Crippen LogP contribution is 2.31. The summed E-state index contributed by atoms with van der Waals surface area (Å²) in [5.74, 6) is -18.3. The molecule has 0 spiro atoms. The molecule has 44 nitrogen and oxygen atoms in total. The molecule has 782 valence electrons. The van der Waals surface area contributed by atoms with Crippen LogP contribution in [-0.4, -0.2) is 314 Å². The number of nitrogens with two attached hydrogens (primary N) is 4. The second-order valence-electron chi connectivity index (χ2n) is 37.5. The molecule has 0 saturated carbocycles. The molecule has 18 amide bonds. The average Bonchev–Trinajstić information content (AvgIpc) is 0.971. The molecule has 5 aliphatic rings. The summed E-state index contributed by atoms with van der Waals surface area (Å²) >= 11 is 6.55. The van der Waals surface area contributed by atoms with Gasteiger partial charge < -0.3 is 127 Å². The summed E-state index contributed by atoms with van der Waals surface area (Å²) in [6.07, 6.45) is 1.65. The topological polar surface area (TPSA) is 674 Å². The molecule has 7 rings (SSSR count). The number of benzene rings is 2. The Morgan fingerprint density at radius 3 is 1.80 bits per heavy atom. The minimum atomic E-state index is -1.88. The molecule has 141 heavy (non-hydrogen) atoms. The van der Waals surface area contributed by atoms with E-state index in [1.165, 1.54) is 40.4 Å². The summed E-state index contributed by atoms with van der Waals surface area (Å²) in [4.78, 5) is 282. The highest BCUT2D eigenvalue weighted by Gasteiger charge is 2.48. The van der Waals surface area contributed by atoms with Gasteiger partial charge in [-0.3, -0.25) is 96.5 Å². The van der Waals surface area contributed by atoms with Crippen LogP contribution in [0.25, 0.3) is 0 Å². The van der Waals surface area contributed by atoms with Crippen LogP contribution in [0.2, 0.25) is 5.02 Å². The number of primary amides is 1. The molecular weight excluding hydrogens is 1890 g/mol. The number of aliphatic hydroxyl groups excluding tert-OH is 1. The zero-order valence-corrected chi connectivity index (χ0v) is 84.2. The molecule has 17 atom stereocenters. The molecule has 25 N–H and O–H groups in total. The number of fused-ring (bicyclic) bond motifs is 1. The van der Waals surface area contributed by atoms with Crippen molar-refractivity contribution in [3.05, 3.63) is 70.7 Å². The molecule has 5 saturated heterocycles. The van der Waals surface area contributed by atoms with E-state index in [1.54, 1.807) is 82.3 Å². The van der Waals surface area contributed by atoms with E-state index in [4.69, 9.17) is 39.9 Å². The number of aliphatic carboxylic acids is 1. The average molecular weight is 2030 g/mol. The number of guanidine groups is 1. The maximum absolute atomic E-state index is 15.8. The van der Waals surface area contributed by atoms with Crippen LogP contribution in [-0.2, 0) is 104 Å².